The second-order valence-corrected chi connectivity index (χ2v) is 6.94. The van der Waals surface area contributed by atoms with E-state index in [4.69, 9.17) is 4.74 Å². The molecular formula is C18H28BrNO. The van der Waals surface area contributed by atoms with Crippen LogP contribution in [0, 0.1) is 5.92 Å². The van der Waals surface area contributed by atoms with E-state index in [1.807, 2.05) is 0 Å². The first kappa shape index (κ1) is 16.8. The van der Waals surface area contributed by atoms with E-state index < -0.39 is 0 Å². The summed E-state index contributed by atoms with van der Waals surface area (Å²) in [5.74, 6) is 1.88. The Labute approximate surface area is 137 Å². The van der Waals surface area contributed by atoms with Gasteiger partial charge in [-0.25, -0.2) is 0 Å². The standard InChI is InChI=1S/C18H28BrNO/c1-3-11-20-13-15-8-6-10-17(19)18(15)21-16-9-5-7-14(4-2)12-16/h6,8,10,14,16,20H,3-5,7,9,11-13H2,1-2H3. The van der Waals surface area contributed by atoms with Crippen LogP contribution in [0.25, 0.3) is 0 Å². The van der Waals surface area contributed by atoms with Gasteiger partial charge in [0.15, 0.2) is 0 Å². The third-order valence-corrected chi connectivity index (χ3v) is 5.01. The van der Waals surface area contributed by atoms with Crippen LogP contribution in [0.4, 0.5) is 0 Å². The third-order valence-electron chi connectivity index (χ3n) is 4.39. The SMILES string of the molecule is CCCNCc1cccc(Br)c1OC1CCCC(CC)C1. The van der Waals surface area contributed by atoms with Crippen LogP contribution < -0.4 is 10.1 Å². The molecule has 1 N–H and O–H groups in total. The summed E-state index contributed by atoms with van der Waals surface area (Å²) < 4.78 is 7.47. The highest BCUT2D eigenvalue weighted by Gasteiger charge is 2.23. The molecule has 118 valence electrons. The molecule has 0 heterocycles. The monoisotopic (exact) mass is 353 g/mol. The molecule has 3 heteroatoms. The average molecular weight is 354 g/mol. The van der Waals surface area contributed by atoms with Crippen LogP contribution in [0.2, 0.25) is 0 Å². The lowest BCUT2D eigenvalue weighted by atomic mass is 9.85. The molecule has 2 unspecified atom stereocenters. The van der Waals surface area contributed by atoms with Gasteiger partial charge in [0, 0.05) is 12.1 Å². The highest BCUT2D eigenvalue weighted by atomic mass is 79.9. The fourth-order valence-electron chi connectivity index (χ4n) is 3.11. The van der Waals surface area contributed by atoms with Gasteiger partial charge < -0.3 is 10.1 Å². The Morgan fingerprint density at radius 2 is 2.14 bits per heavy atom. The Morgan fingerprint density at radius 1 is 1.29 bits per heavy atom. The van der Waals surface area contributed by atoms with Crippen LogP contribution in [-0.4, -0.2) is 12.6 Å². The van der Waals surface area contributed by atoms with Crippen LogP contribution in [0.1, 0.15) is 57.9 Å². The predicted octanol–water partition coefficient (Wildman–Crippen LogP) is 5.30. The first-order valence-corrected chi connectivity index (χ1v) is 9.18. The molecular weight excluding hydrogens is 326 g/mol. The minimum atomic E-state index is 0.382. The molecule has 1 aliphatic rings. The van der Waals surface area contributed by atoms with Gasteiger partial charge in [0.1, 0.15) is 5.75 Å². The Hall–Kier alpha value is -0.540. The molecule has 2 atom stereocenters. The number of hydrogen-bond donors (Lipinski definition) is 1. The second-order valence-electron chi connectivity index (χ2n) is 6.09. The van der Waals surface area contributed by atoms with Crippen molar-refractivity contribution in [3.8, 4) is 5.75 Å². The van der Waals surface area contributed by atoms with Crippen LogP contribution in [0.5, 0.6) is 5.75 Å². The lowest BCUT2D eigenvalue weighted by molar-refractivity contribution is 0.120. The molecule has 0 amide bonds. The number of para-hydroxylation sites is 1. The van der Waals surface area contributed by atoms with Gasteiger partial charge in [-0.15, -0.1) is 0 Å². The van der Waals surface area contributed by atoms with E-state index in [2.05, 4.69) is 53.3 Å². The van der Waals surface area contributed by atoms with Gasteiger partial charge in [-0.2, -0.15) is 0 Å². The fourth-order valence-corrected chi connectivity index (χ4v) is 3.61. The smallest absolute Gasteiger partial charge is 0.138 e. The number of halogens is 1. The predicted molar refractivity (Wildman–Crippen MR) is 92.8 cm³/mol. The highest BCUT2D eigenvalue weighted by molar-refractivity contribution is 9.10. The van der Waals surface area contributed by atoms with E-state index in [9.17, 15) is 0 Å². The van der Waals surface area contributed by atoms with Gasteiger partial charge in [-0.1, -0.05) is 38.8 Å². The summed E-state index contributed by atoms with van der Waals surface area (Å²) in [6, 6.07) is 6.34. The summed E-state index contributed by atoms with van der Waals surface area (Å²) in [6.07, 6.45) is 7.90. The largest absolute Gasteiger partial charge is 0.489 e. The second kappa shape index (κ2) is 8.79. The van der Waals surface area contributed by atoms with Gasteiger partial charge >= 0.3 is 0 Å². The zero-order chi connectivity index (χ0) is 15.1. The molecule has 0 radical (unpaired) electrons. The summed E-state index contributed by atoms with van der Waals surface area (Å²) in [7, 11) is 0. The Morgan fingerprint density at radius 3 is 2.90 bits per heavy atom. The van der Waals surface area contributed by atoms with E-state index in [1.165, 1.54) is 37.7 Å². The maximum atomic E-state index is 6.39. The van der Waals surface area contributed by atoms with Crippen LogP contribution >= 0.6 is 15.9 Å². The Balaban J connectivity index is 2.03. The van der Waals surface area contributed by atoms with E-state index in [0.717, 1.165) is 35.7 Å². The Kier molecular flexibility index (Phi) is 7.05. The zero-order valence-electron chi connectivity index (χ0n) is 13.3. The first-order valence-electron chi connectivity index (χ1n) is 8.39. The van der Waals surface area contributed by atoms with Crippen molar-refractivity contribution in [1.29, 1.82) is 0 Å². The van der Waals surface area contributed by atoms with Crippen molar-refractivity contribution in [2.75, 3.05) is 6.54 Å². The maximum Gasteiger partial charge on any atom is 0.138 e. The average Bonchev–Trinajstić information content (AvgIpc) is 2.51. The number of ether oxygens (including phenoxy) is 1. The molecule has 0 aromatic heterocycles. The molecule has 1 aromatic rings. The normalized spacial score (nSPS) is 22.2. The van der Waals surface area contributed by atoms with E-state index >= 15 is 0 Å². The molecule has 0 spiro atoms. The lowest BCUT2D eigenvalue weighted by Crippen LogP contribution is -2.26. The summed E-state index contributed by atoms with van der Waals surface area (Å²) in [4.78, 5) is 0. The molecule has 1 aromatic carbocycles. The first-order chi connectivity index (χ1) is 10.2. The van der Waals surface area contributed by atoms with Crippen LogP contribution in [-0.2, 0) is 6.54 Å². The van der Waals surface area contributed by atoms with E-state index in [1.54, 1.807) is 0 Å². The van der Waals surface area contributed by atoms with Crippen molar-refractivity contribution in [2.24, 2.45) is 5.92 Å². The molecule has 2 rings (SSSR count). The molecule has 0 aliphatic heterocycles. The minimum Gasteiger partial charge on any atom is -0.489 e. The topological polar surface area (TPSA) is 21.3 Å². The summed E-state index contributed by atoms with van der Waals surface area (Å²) >= 11 is 3.66. The van der Waals surface area contributed by atoms with E-state index in [-0.39, 0.29) is 0 Å². The summed E-state index contributed by atoms with van der Waals surface area (Å²) in [5.41, 5.74) is 1.26. The summed E-state index contributed by atoms with van der Waals surface area (Å²) in [6.45, 7) is 6.42. The quantitative estimate of drug-likeness (QED) is 0.671. The van der Waals surface area contributed by atoms with Crippen LogP contribution in [0.15, 0.2) is 22.7 Å². The Bertz CT molecular complexity index is 435. The third kappa shape index (κ3) is 5.00. The van der Waals surface area contributed by atoms with Crippen molar-refractivity contribution in [3.63, 3.8) is 0 Å². The number of hydrogen-bond acceptors (Lipinski definition) is 2. The van der Waals surface area contributed by atoms with Crippen LogP contribution in [0.3, 0.4) is 0 Å². The molecule has 1 fully saturated rings. The van der Waals surface area contributed by atoms with Gasteiger partial charge in [0.25, 0.3) is 0 Å². The van der Waals surface area contributed by atoms with Gasteiger partial charge in [0.05, 0.1) is 10.6 Å². The molecule has 21 heavy (non-hydrogen) atoms. The number of nitrogens with one attached hydrogen (secondary N) is 1. The van der Waals surface area contributed by atoms with Gasteiger partial charge in [-0.05, 0) is 60.1 Å². The van der Waals surface area contributed by atoms with Gasteiger partial charge in [0.2, 0.25) is 0 Å². The van der Waals surface area contributed by atoms with Crippen molar-refractivity contribution >= 4 is 15.9 Å². The molecule has 1 aliphatic carbocycles. The highest BCUT2D eigenvalue weighted by Crippen LogP contribution is 2.34. The van der Waals surface area contributed by atoms with E-state index in [0.29, 0.717) is 6.10 Å². The maximum absolute atomic E-state index is 6.39. The number of rotatable bonds is 7. The lowest BCUT2D eigenvalue weighted by Gasteiger charge is -2.30. The molecule has 0 saturated heterocycles. The minimum absolute atomic E-state index is 0.382. The summed E-state index contributed by atoms with van der Waals surface area (Å²) in [5, 5.41) is 3.48. The molecule has 2 nitrogen and oxygen atoms in total. The molecule has 1 saturated carbocycles. The number of benzene rings is 1. The molecule has 0 bridgehead atoms. The fraction of sp³-hybridized carbons (Fsp3) is 0.667. The zero-order valence-corrected chi connectivity index (χ0v) is 14.9. The van der Waals surface area contributed by atoms with Gasteiger partial charge in [-0.3, -0.25) is 0 Å². The van der Waals surface area contributed by atoms with Crippen molar-refractivity contribution in [1.82, 2.24) is 5.32 Å². The van der Waals surface area contributed by atoms with Crippen molar-refractivity contribution < 1.29 is 4.74 Å². The van der Waals surface area contributed by atoms with Crippen molar-refractivity contribution in [2.45, 2.75) is 65.0 Å². The van der Waals surface area contributed by atoms with Crippen molar-refractivity contribution in [3.05, 3.63) is 28.2 Å².